The first-order chi connectivity index (χ1) is 27.7. The summed E-state index contributed by atoms with van der Waals surface area (Å²) in [5, 5.41) is 11.2. The molecule has 0 saturated heterocycles. The minimum absolute atomic E-state index is 0.0238. The molecule has 0 fully saturated rings. The van der Waals surface area contributed by atoms with Gasteiger partial charge in [-0.2, -0.15) is 0 Å². The number of allylic oxidation sites excluding steroid dienone is 4. The Morgan fingerprint density at radius 3 is 2.00 bits per heavy atom. The first kappa shape index (κ1) is 31.0. The van der Waals surface area contributed by atoms with E-state index in [1.165, 1.54) is 21.5 Å². The number of hydrogen-bond donors (Lipinski definition) is 0. The van der Waals surface area contributed by atoms with E-state index < -0.39 is 0 Å². The van der Waals surface area contributed by atoms with Crippen LogP contribution in [0.2, 0.25) is 0 Å². The molecule has 11 aromatic rings. The van der Waals surface area contributed by atoms with Gasteiger partial charge in [-0.15, -0.1) is 0 Å². The zero-order chi connectivity index (χ0) is 36.7. The van der Waals surface area contributed by atoms with Crippen LogP contribution in [0.4, 0.5) is 0 Å². The molecule has 12 rings (SSSR count). The van der Waals surface area contributed by atoms with Gasteiger partial charge in [-0.3, -0.25) is 0 Å². The number of rotatable bonds is 4. The minimum atomic E-state index is 0.0238. The molecule has 5 nitrogen and oxygen atoms in total. The molecule has 5 heteroatoms. The molecule has 0 saturated carbocycles. The highest BCUT2D eigenvalue weighted by atomic mass is 16.3. The van der Waals surface area contributed by atoms with E-state index in [-0.39, 0.29) is 5.92 Å². The average Bonchev–Trinajstić information content (AvgIpc) is 3.85. The minimum Gasteiger partial charge on any atom is -0.456 e. The molecule has 1 aliphatic rings. The van der Waals surface area contributed by atoms with Crippen molar-refractivity contribution < 1.29 is 8.83 Å². The van der Waals surface area contributed by atoms with Gasteiger partial charge in [-0.05, 0) is 86.8 Å². The van der Waals surface area contributed by atoms with Crippen molar-refractivity contribution in [2.24, 2.45) is 0 Å². The van der Waals surface area contributed by atoms with Gasteiger partial charge in [-0.25, -0.2) is 15.0 Å². The molecule has 262 valence electrons. The van der Waals surface area contributed by atoms with Gasteiger partial charge < -0.3 is 8.83 Å². The summed E-state index contributed by atoms with van der Waals surface area (Å²) in [6.07, 6.45) is 9.36. The van der Waals surface area contributed by atoms with Crippen LogP contribution in [0.25, 0.3) is 110 Å². The highest BCUT2D eigenvalue weighted by molar-refractivity contribution is 6.21. The second kappa shape index (κ2) is 12.1. The number of benzene rings is 8. The molecule has 0 aliphatic heterocycles. The Hall–Kier alpha value is -7.37. The lowest BCUT2D eigenvalue weighted by atomic mass is 9.95. The fraction of sp³-hybridized carbons (Fsp3) is 0.0392. The van der Waals surface area contributed by atoms with Crippen molar-refractivity contribution in [3.05, 3.63) is 176 Å². The van der Waals surface area contributed by atoms with E-state index in [1.807, 2.05) is 12.1 Å². The fourth-order valence-corrected chi connectivity index (χ4v) is 8.77. The number of fused-ring (bicyclic) bond motifs is 11. The summed E-state index contributed by atoms with van der Waals surface area (Å²) in [6, 6.07) is 51.0. The molecule has 0 radical (unpaired) electrons. The zero-order valence-corrected chi connectivity index (χ0v) is 30.1. The molecule has 0 spiro atoms. The summed E-state index contributed by atoms with van der Waals surface area (Å²) in [5.74, 6) is 2.05. The summed E-state index contributed by atoms with van der Waals surface area (Å²) < 4.78 is 13.2. The molecule has 8 aromatic carbocycles. The SMILES string of the molecule is C1=CCC(c2nc(-c3cc4ccccc4c4ccccc34)nc(-c3ccc(-c4ccc5oc6ccc7ccccc7c6c5c4)c4oc5ccccc5c34)n2)C=C1. The van der Waals surface area contributed by atoms with Gasteiger partial charge in [0.15, 0.2) is 11.6 Å². The van der Waals surface area contributed by atoms with Gasteiger partial charge in [0.1, 0.15) is 28.2 Å². The first-order valence-electron chi connectivity index (χ1n) is 19.0. The maximum atomic E-state index is 6.80. The van der Waals surface area contributed by atoms with E-state index in [0.29, 0.717) is 11.6 Å². The number of hydrogen-bond acceptors (Lipinski definition) is 5. The molecule has 0 N–H and O–H groups in total. The van der Waals surface area contributed by atoms with Crippen LogP contribution in [0.15, 0.2) is 179 Å². The van der Waals surface area contributed by atoms with Gasteiger partial charge >= 0.3 is 0 Å². The maximum absolute atomic E-state index is 6.80. The van der Waals surface area contributed by atoms with E-state index in [9.17, 15) is 0 Å². The van der Waals surface area contributed by atoms with Crippen molar-refractivity contribution in [2.45, 2.75) is 12.3 Å². The molecular weight excluding hydrogens is 687 g/mol. The average molecular weight is 718 g/mol. The predicted octanol–water partition coefficient (Wildman–Crippen LogP) is 13.7. The number of nitrogens with zero attached hydrogens (tertiary/aromatic N) is 3. The Morgan fingerprint density at radius 2 is 1.14 bits per heavy atom. The first-order valence-corrected chi connectivity index (χ1v) is 19.0. The third-order valence-electron chi connectivity index (χ3n) is 11.4. The maximum Gasteiger partial charge on any atom is 0.164 e. The lowest BCUT2D eigenvalue weighted by Gasteiger charge is -2.16. The van der Waals surface area contributed by atoms with E-state index in [2.05, 4.69) is 158 Å². The van der Waals surface area contributed by atoms with Gasteiger partial charge in [0.25, 0.3) is 0 Å². The van der Waals surface area contributed by atoms with Crippen LogP contribution in [0.5, 0.6) is 0 Å². The van der Waals surface area contributed by atoms with Crippen LogP contribution in [-0.4, -0.2) is 15.0 Å². The molecule has 0 bridgehead atoms. The van der Waals surface area contributed by atoms with Crippen LogP contribution in [0, 0.1) is 0 Å². The van der Waals surface area contributed by atoms with E-state index in [4.69, 9.17) is 23.8 Å². The number of furan rings is 2. The van der Waals surface area contributed by atoms with Crippen LogP contribution in [0.1, 0.15) is 18.2 Å². The van der Waals surface area contributed by atoms with Crippen molar-refractivity contribution in [3.63, 3.8) is 0 Å². The third kappa shape index (κ3) is 4.71. The smallest absolute Gasteiger partial charge is 0.164 e. The van der Waals surface area contributed by atoms with E-state index >= 15 is 0 Å². The topological polar surface area (TPSA) is 65.0 Å². The second-order valence-corrected chi connectivity index (χ2v) is 14.6. The Labute approximate surface area is 320 Å². The highest BCUT2D eigenvalue weighted by Crippen LogP contribution is 2.44. The largest absolute Gasteiger partial charge is 0.456 e. The summed E-state index contributed by atoms with van der Waals surface area (Å²) in [6.45, 7) is 0. The third-order valence-corrected chi connectivity index (χ3v) is 11.4. The van der Waals surface area contributed by atoms with Gasteiger partial charge in [0, 0.05) is 44.2 Å². The van der Waals surface area contributed by atoms with Gasteiger partial charge in [0.05, 0.1) is 0 Å². The molecule has 0 amide bonds. The van der Waals surface area contributed by atoms with Crippen molar-refractivity contribution in [3.8, 4) is 33.9 Å². The van der Waals surface area contributed by atoms with Crippen molar-refractivity contribution in [2.75, 3.05) is 0 Å². The van der Waals surface area contributed by atoms with Gasteiger partial charge in [-0.1, -0.05) is 127 Å². The number of para-hydroxylation sites is 1. The van der Waals surface area contributed by atoms with Gasteiger partial charge in [0.2, 0.25) is 0 Å². The normalized spacial score (nSPS) is 14.4. The molecule has 3 aromatic heterocycles. The molecular formula is C51H31N3O2. The Bertz CT molecular complexity index is 3480. The monoisotopic (exact) mass is 717 g/mol. The predicted molar refractivity (Wildman–Crippen MR) is 229 cm³/mol. The summed E-state index contributed by atoms with van der Waals surface area (Å²) in [4.78, 5) is 15.8. The lowest BCUT2D eigenvalue weighted by molar-refractivity contribution is 0.668. The second-order valence-electron chi connectivity index (χ2n) is 14.6. The Balaban J connectivity index is 1.11. The molecule has 56 heavy (non-hydrogen) atoms. The summed E-state index contributed by atoms with van der Waals surface area (Å²) >= 11 is 0. The Morgan fingerprint density at radius 1 is 0.446 bits per heavy atom. The summed E-state index contributed by atoms with van der Waals surface area (Å²) in [7, 11) is 0. The van der Waals surface area contributed by atoms with Crippen LogP contribution in [0.3, 0.4) is 0 Å². The molecule has 1 atom stereocenters. The van der Waals surface area contributed by atoms with Crippen molar-refractivity contribution >= 4 is 76.2 Å². The van der Waals surface area contributed by atoms with Crippen LogP contribution < -0.4 is 0 Å². The van der Waals surface area contributed by atoms with Crippen LogP contribution in [-0.2, 0) is 0 Å². The van der Waals surface area contributed by atoms with Crippen molar-refractivity contribution in [1.29, 1.82) is 0 Å². The fourth-order valence-electron chi connectivity index (χ4n) is 8.77. The Kier molecular flexibility index (Phi) is 6.69. The summed E-state index contributed by atoms with van der Waals surface area (Å²) in [5.41, 5.74) is 7.26. The highest BCUT2D eigenvalue weighted by Gasteiger charge is 2.24. The van der Waals surface area contributed by atoms with Crippen LogP contribution >= 0.6 is 0 Å². The molecule has 1 unspecified atom stereocenters. The van der Waals surface area contributed by atoms with E-state index in [1.54, 1.807) is 0 Å². The zero-order valence-electron chi connectivity index (χ0n) is 30.1. The lowest BCUT2D eigenvalue weighted by Crippen LogP contribution is -2.08. The molecule has 3 heterocycles. The number of aromatic nitrogens is 3. The standard InChI is InChI=1S/C51H31N3O2/c1-2-13-31(14-3-1)49-52-50(54-51(53-49)41-28-32-15-5-6-16-34(32)37-18-8-9-19-38(37)41)40-25-24-36(48-47(40)39-20-10-11-21-43(39)56-48)33-23-26-44-42(29-33)46-35-17-7-4-12-30(35)22-27-45(46)55-44/h1-13,15-29,31H,14H2. The molecule has 1 aliphatic carbocycles. The van der Waals surface area contributed by atoms with E-state index in [0.717, 1.165) is 89.1 Å². The quantitative estimate of drug-likeness (QED) is 0.170. The van der Waals surface area contributed by atoms with Crippen molar-refractivity contribution in [1.82, 2.24) is 15.0 Å².